The number of unbranched alkanes of at least 4 members (excludes halogenated alkanes) is 1. The van der Waals surface area contributed by atoms with Gasteiger partial charge in [-0.3, -0.25) is 0 Å². The highest BCUT2D eigenvalue weighted by Crippen LogP contribution is 2.47. The third-order valence-electron chi connectivity index (χ3n) is 5.46. The Labute approximate surface area is 166 Å². The topological polar surface area (TPSA) is 52.6 Å². The highest BCUT2D eigenvalue weighted by molar-refractivity contribution is 5.85. The number of hydrogen-bond donors (Lipinski definition) is 0. The molecule has 0 amide bonds. The first-order valence-electron chi connectivity index (χ1n) is 9.58. The Kier molecular flexibility index (Phi) is 5.95. The molecule has 144 valence electrons. The lowest BCUT2D eigenvalue weighted by Crippen LogP contribution is -2.33. The number of hydrogen-bond acceptors (Lipinski definition) is 4. The fourth-order valence-electron chi connectivity index (χ4n) is 4.14. The molecule has 1 fully saturated rings. The van der Waals surface area contributed by atoms with E-state index in [1.54, 1.807) is 0 Å². The van der Waals surface area contributed by atoms with E-state index >= 15 is 0 Å². The van der Waals surface area contributed by atoms with E-state index in [1.807, 2.05) is 30.3 Å². The SMILES string of the molecule is CCCCc1cc(N2CCCC2)cc2c1C(C(=O)[O-])c1ccccc1O2.Cl. The maximum absolute atomic E-state index is 12.1. The molecular formula is C22H25ClNO3-. The van der Waals surface area contributed by atoms with E-state index < -0.39 is 11.9 Å². The van der Waals surface area contributed by atoms with Gasteiger partial charge in [-0.2, -0.15) is 0 Å². The van der Waals surface area contributed by atoms with Crippen molar-refractivity contribution >= 4 is 24.1 Å². The number of rotatable bonds is 5. The Hall–Kier alpha value is -2.20. The van der Waals surface area contributed by atoms with Crippen LogP contribution in [0.25, 0.3) is 0 Å². The maximum Gasteiger partial charge on any atom is 0.133 e. The molecule has 0 saturated carbocycles. The van der Waals surface area contributed by atoms with Crippen molar-refractivity contribution in [2.45, 2.75) is 44.9 Å². The first-order valence-corrected chi connectivity index (χ1v) is 9.58. The number of aryl methyl sites for hydroxylation is 1. The molecule has 2 aliphatic rings. The molecule has 2 aromatic carbocycles. The number of fused-ring (bicyclic) bond motifs is 2. The van der Waals surface area contributed by atoms with E-state index in [9.17, 15) is 9.90 Å². The summed E-state index contributed by atoms with van der Waals surface area (Å²) in [5, 5.41) is 12.1. The number of ether oxygens (including phenoxy) is 1. The highest BCUT2D eigenvalue weighted by Gasteiger charge is 2.31. The summed E-state index contributed by atoms with van der Waals surface area (Å²) in [6.45, 7) is 4.25. The summed E-state index contributed by atoms with van der Waals surface area (Å²) in [4.78, 5) is 14.4. The van der Waals surface area contributed by atoms with Crippen LogP contribution in [0.4, 0.5) is 5.69 Å². The van der Waals surface area contributed by atoms with E-state index in [-0.39, 0.29) is 12.4 Å². The first kappa shape index (κ1) is 19.6. The molecule has 0 radical (unpaired) electrons. The number of aliphatic carboxylic acids is 1. The van der Waals surface area contributed by atoms with Gasteiger partial charge in [0.2, 0.25) is 0 Å². The van der Waals surface area contributed by atoms with Gasteiger partial charge in [-0.05, 0) is 43.4 Å². The van der Waals surface area contributed by atoms with Gasteiger partial charge in [-0.1, -0.05) is 31.5 Å². The fraction of sp³-hybridized carbons (Fsp3) is 0.409. The van der Waals surface area contributed by atoms with Crippen molar-refractivity contribution in [2.75, 3.05) is 18.0 Å². The minimum atomic E-state index is -1.06. The second-order valence-electron chi connectivity index (χ2n) is 7.21. The third kappa shape index (κ3) is 3.63. The van der Waals surface area contributed by atoms with Gasteiger partial charge in [-0.25, -0.2) is 0 Å². The minimum absolute atomic E-state index is 0. The van der Waals surface area contributed by atoms with Crippen LogP contribution < -0.4 is 14.7 Å². The number of carbonyl (C=O) groups excluding carboxylic acids is 1. The average molecular weight is 387 g/mol. The summed E-state index contributed by atoms with van der Waals surface area (Å²) >= 11 is 0. The van der Waals surface area contributed by atoms with Gasteiger partial charge in [-0.15, -0.1) is 12.4 Å². The fourth-order valence-corrected chi connectivity index (χ4v) is 4.14. The lowest BCUT2D eigenvalue weighted by molar-refractivity contribution is -0.306. The number of nitrogens with zero attached hydrogens (tertiary/aromatic N) is 1. The number of carbonyl (C=O) groups is 1. The van der Waals surface area contributed by atoms with Crippen LogP contribution in [0.2, 0.25) is 0 Å². The van der Waals surface area contributed by atoms with Crippen molar-refractivity contribution in [3.05, 3.63) is 53.1 Å². The molecule has 0 bridgehead atoms. The number of benzene rings is 2. The normalized spacial score (nSPS) is 17.5. The molecule has 1 saturated heterocycles. The van der Waals surface area contributed by atoms with Crippen LogP contribution in [-0.2, 0) is 11.2 Å². The van der Waals surface area contributed by atoms with Crippen molar-refractivity contribution in [1.82, 2.24) is 0 Å². The van der Waals surface area contributed by atoms with Crippen LogP contribution in [0.3, 0.4) is 0 Å². The van der Waals surface area contributed by atoms with Gasteiger partial charge in [0.05, 0.1) is 11.9 Å². The predicted octanol–water partition coefficient (Wildman–Crippen LogP) is 4.04. The van der Waals surface area contributed by atoms with Crippen LogP contribution in [0.15, 0.2) is 36.4 Å². The third-order valence-corrected chi connectivity index (χ3v) is 5.46. The molecule has 1 unspecified atom stereocenters. The predicted molar refractivity (Wildman–Crippen MR) is 107 cm³/mol. The van der Waals surface area contributed by atoms with E-state index in [4.69, 9.17) is 4.74 Å². The van der Waals surface area contributed by atoms with E-state index in [1.165, 1.54) is 12.8 Å². The molecule has 0 spiro atoms. The molecule has 27 heavy (non-hydrogen) atoms. The molecule has 4 nitrogen and oxygen atoms in total. The van der Waals surface area contributed by atoms with Gasteiger partial charge in [0, 0.05) is 36.0 Å². The monoisotopic (exact) mass is 386 g/mol. The van der Waals surface area contributed by atoms with E-state index in [0.717, 1.165) is 49.2 Å². The largest absolute Gasteiger partial charge is 0.549 e. The average Bonchev–Trinajstić information content (AvgIpc) is 3.18. The Morgan fingerprint density at radius 3 is 2.63 bits per heavy atom. The zero-order valence-electron chi connectivity index (χ0n) is 15.6. The van der Waals surface area contributed by atoms with Crippen molar-refractivity contribution in [3.8, 4) is 11.5 Å². The second kappa shape index (κ2) is 8.22. The van der Waals surface area contributed by atoms with Crippen molar-refractivity contribution in [1.29, 1.82) is 0 Å². The Morgan fingerprint density at radius 2 is 1.93 bits per heavy atom. The Morgan fingerprint density at radius 1 is 1.19 bits per heavy atom. The number of halogens is 1. The summed E-state index contributed by atoms with van der Waals surface area (Å²) in [6.07, 6.45) is 5.35. The molecule has 0 aliphatic carbocycles. The standard InChI is InChI=1S/C22H25NO3.ClH/c1-2-3-8-15-13-16(23-11-6-7-12-23)14-19-20(15)21(22(24)25)17-9-4-5-10-18(17)26-19;/h4-5,9-10,13-14,21H,2-3,6-8,11-12H2,1H3,(H,24,25);1H/p-1. The zero-order chi connectivity index (χ0) is 18.1. The van der Waals surface area contributed by atoms with Gasteiger partial charge in [0.1, 0.15) is 11.5 Å². The van der Waals surface area contributed by atoms with Crippen molar-refractivity contribution < 1.29 is 14.6 Å². The molecule has 2 aromatic rings. The second-order valence-corrected chi connectivity index (χ2v) is 7.21. The molecule has 5 heteroatoms. The maximum atomic E-state index is 12.1. The van der Waals surface area contributed by atoms with Gasteiger partial charge in [0.15, 0.2) is 0 Å². The summed E-state index contributed by atoms with van der Waals surface area (Å²) < 4.78 is 6.16. The van der Waals surface area contributed by atoms with E-state index in [2.05, 4.69) is 17.9 Å². The molecule has 0 aromatic heterocycles. The Balaban J connectivity index is 0.00000210. The molecule has 0 N–H and O–H groups in total. The zero-order valence-corrected chi connectivity index (χ0v) is 16.4. The van der Waals surface area contributed by atoms with Crippen LogP contribution in [0.5, 0.6) is 11.5 Å². The lowest BCUT2D eigenvalue weighted by atomic mass is 9.83. The van der Waals surface area contributed by atoms with Gasteiger partial charge < -0.3 is 19.5 Å². The number of carboxylic acid groups (broad SMARTS) is 1. The number of para-hydroxylation sites is 1. The number of carboxylic acids is 1. The van der Waals surface area contributed by atoms with Crippen molar-refractivity contribution in [3.63, 3.8) is 0 Å². The summed E-state index contributed by atoms with van der Waals surface area (Å²) in [7, 11) is 0. The molecular weight excluding hydrogens is 362 g/mol. The molecule has 2 aliphatic heterocycles. The summed E-state index contributed by atoms with van der Waals surface area (Å²) in [5.74, 6) is -0.536. The number of anilines is 1. The van der Waals surface area contributed by atoms with Gasteiger partial charge >= 0.3 is 0 Å². The van der Waals surface area contributed by atoms with Crippen LogP contribution >= 0.6 is 12.4 Å². The molecule has 2 heterocycles. The van der Waals surface area contributed by atoms with Crippen LogP contribution in [0.1, 0.15) is 55.2 Å². The summed E-state index contributed by atoms with van der Waals surface area (Å²) in [5.41, 5.74) is 3.69. The van der Waals surface area contributed by atoms with Crippen LogP contribution in [-0.4, -0.2) is 19.1 Å². The van der Waals surface area contributed by atoms with Crippen LogP contribution in [0, 0.1) is 0 Å². The Bertz CT molecular complexity index is 830. The first-order chi connectivity index (χ1) is 12.7. The van der Waals surface area contributed by atoms with E-state index in [0.29, 0.717) is 17.1 Å². The van der Waals surface area contributed by atoms with Crippen molar-refractivity contribution in [2.24, 2.45) is 0 Å². The quantitative estimate of drug-likeness (QED) is 0.778. The van der Waals surface area contributed by atoms with Gasteiger partial charge in [0.25, 0.3) is 0 Å². The smallest absolute Gasteiger partial charge is 0.133 e. The lowest BCUT2D eigenvalue weighted by Gasteiger charge is -2.32. The minimum Gasteiger partial charge on any atom is -0.549 e. The highest BCUT2D eigenvalue weighted by atomic mass is 35.5. The summed E-state index contributed by atoms with van der Waals surface area (Å²) in [6, 6.07) is 11.6. The molecule has 1 atom stereocenters. The molecule has 4 rings (SSSR count).